The first-order chi connectivity index (χ1) is 11.1. The van der Waals surface area contributed by atoms with Crippen LogP contribution >= 0.6 is 0 Å². The van der Waals surface area contributed by atoms with Crippen molar-refractivity contribution >= 4 is 5.91 Å². The number of benzene rings is 1. The second-order valence-corrected chi connectivity index (χ2v) is 6.18. The van der Waals surface area contributed by atoms with E-state index in [1.54, 1.807) is 0 Å². The lowest BCUT2D eigenvalue weighted by Gasteiger charge is -2.28. The van der Waals surface area contributed by atoms with E-state index in [0.717, 1.165) is 18.9 Å². The van der Waals surface area contributed by atoms with E-state index >= 15 is 0 Å². The summed E-state index contributed by atoms with van der Waals surface area (Å²) < 4.78 is 32.1. The lowest BCUT2D eigenvalue weighted by atomic mass is 10.2. The van der Waals surface area contributed by atoms with Crippen LogP contribution in [0.1, 0.15) is 24.8 Å². The molecule has 1 saturated heterocycles. The van der Waals surface area contributed by atoms with Crippen molar-refractivity contribution in [1.29, 1.82) is 0 Å². The number of morpholine rings is 1. The highest BCUT2D eigenvalue weighted by molar-refractivity contribution is 5.76. The van der Waals surface area contributed by atoms with E-state index < -0.39 is 11.6 Å². The maximum absolute atomic E-state index is 13.8. The lowest BCUT2D eigenvalue weighted by molar-refractivity contribution is -0.135. The van der Waals surface area contributed by atoms with Crippen LogP contribution in [0.2, 0.25) is 0 Å². The van der Waals surface area contributed by atoms with Crippen LogP contribution in [-0.2, 0) is 16.1 Å². The molecule has 1 heterocycles. The zero-order valence-corrected chi connectivity index (χ0v) is 13.1. The van der Waals surface area contributed by atoms with Crippen LogP contribution in [0.25, 0.3) is 0 Å². The number of carbonyl (C=O) groups excluding carboxylic acids is 1. The maximum atomic E-state index is 13.8. The number of nitrogens with zero attached hydrogens (tertiary/aromatic N) is 2. The molecule has 0 atom stereocenters. The minimum absolute atomic E-state index is 0.124. The molecule has 1 aromatic carbocycles. The van der Waals surface area contributed by atoms with Gasteiger partial charge in [-0.05, 0) is 18.9 Å². The van der Waals surface area contributed by atoms with Gasteiger partial charge in [0, 0.05) is 50.3 Å². The van der Waals surface area contributed by atoms with Crippen LogP contribution in [0.4, 0.5) is 8.78 Å². The molecule has 1 saturated carbocycles. The van der Waals surface area contributed by atoms with Gasteiger partial charge < -0.3 is 9.64 Å². The van der Waals surface area contributed by atoms with Gasteiger partial charge in [-0.1, -0.05) is 6.07 Å². The molecule has 0 aromatic heterocycles. The molecule has 1 aliphatic carbocycles. The number of hydrogen-bond donors (Lipinski definition) is 0. The van der Waals surface area contributed by atoms with Gasteiger partial charge in [0.2, 0.25) is 5.91 Å². The summed E-state index contributed by atoms with van der Waals surface area (Å²) in [6, 6.07) is 4.10. The van der Waals surface area contributed by atoms with Crippen molar-refractivity contribution in [3.8, 4) is 0 Å². The molecule has 23 heavy (non-hydrogen) atoms. The molecule has 0 bridgehead atoms. The summed E-state index contributed by atoms with van der Waals surface area (Å²) in [5, 5.41) is 0. The molecule has 0 spiro atoms. The Bertz CT molecular complexity index is 558. The van der Waals surface area contributed by atoms with Crippen LogP contribution in [-0.4, -0.2) is 54.6 Å². The first kappa shape index (κ1) is 16.3. The second kappa shape index (κ2) is 7.36. The number of hydrogen-bond acceptors (Lipinski definition) is 3. The highest BCUT2D eigenvalue weighted by Gasteiger charge is 2.30. The zero-order valence-electron chi connectivity index (χ0n) is 13.1. The van der Waals surface area contributed by atoms with Crippen molar-refractivity contribution in [2.75, 3.05) is 32.8 Å². The number of halogens is 2. The Morgan fingerprint density at radius 2 is 2.00 bits per heavy atom. The maximum Gasteiger partial charge on any atom is 0.224 e. The Morgan fingerprint density at radius 3 is 2.65 bits per heavy atom. The predicted molar refractivity (Wildman–Crippen MR) is 81.8 cm³/mol. The Hall–Kier alpha value is -1.53. The van der Waals surface area contributed by atoms with Crippen molar-refractivity contribution in [1.82, 2.24) is 9.80 Å². The topological polar surface area (TPSA) is 32.8 Å². The summed E-state index contributed by atoms with van der Waals surface area (Å²) in [7, 11) is 0. The molecule has 4 nitrogen and oxygen atoms in total. The minimum atomic E-state index is -0.563. The van der Waals surface area contributed by atoms with Crippen LogP contribution in [0.3, 0.4) is 0 Å². The van der Waals surface area contributed by atoms with Gasteiger partial charge in [0.05, 0.1) is 13.2 Å². The highest BCUT2D eigenvalue weighted by atomic mass is 19.1. The summed E-state index contributed by atoms with van der Waals surface area (Å²) in [5.74, 6) is -0.958. The van der Waals surface area contributed by atoms with Gasteiger partial charge in [-0.15, -0.1) is 0 Å². The smallest absolute Gasteiger partial charge is 0.224 e. The van der Waals surface area contributed by atoms with Crippen LogP contribution in [0, 0.1) is 11.6 Å². The van der Waals surface area contributed by atoms with E-state index in [1.165, 1.54) is 12.1 Å². The largest absolute Gasteiger partial charge is 0.378 e. The van der Waals surface area contributed by atoms with E-state index in [-0.39, 0.29) is 5.91 Å². The Morgan fingerprint density at radius 1 is 1.26 bits per heavy atom. The predicted octanol–water partition coefficient (Wildman–Crippen LogP) is 2.18. The quantitative estimate of drug-likeness (QED) is 0.804. The molecule has 1 aliphatic heterocycles. The fourth-order valence-corrected chi connectivity index (χ4v) is 2.91. The van der Waals surface area contributed by atoms with Gasteiger partial charge in [0.25, 0.3) is 0 Å². The third-order valence-corrected chi connectivity index (χ3v) is 4.43. The zero-order chi connectivity index (χ0) is 16.2. The summed E-state index contributed by atoms with van der Waals surface area (Å²) in [6.07, 6.45) is 2.59. The fraction of sp³-hybridized carbons (Fsp3) is 0.588. The van der Waals surface area contributed by atoms with Gasteiger partial charge in [-0.25, -0.2) is 8.78 Å². The number of carbonyl (C=O) groups is 1. The van der Waals surface area contributed by atoms with Crippen LogP contribution in [0.5, 0.6) is 0 Å². The molecule has 0 radical (unpaired) electrons. The van der Waals surface area contributed by atoms with E-state index in [0.29, 0.717) is 57.4 Å². The molecule has 0 N–H and O–H groups in total. The van der Waals surface area contributed by atoms with E-state index in [1.807, 2.05) is 4.90 Å². The molecule has 1 aromatic rings. The minimum Gasteiger partial charge on any atom is -0.378 e. The third kappa shape index (κ3) is 4.48. The lowest BCUT2D eigenvalue weighted by Crippen LogP contribution is -2.42. The highest BCUT2D eigenvalue weighted by Crippen LogP contribution is 2.29. The molecular formula is C17H22F2N2O2. The molecule has 3 rings (SSSR count). The Balaban J connectivity index is 1.55. The summed E-state index contributed by atoms with van der Waals surface area (Å²) >= 11 is 0. The van der Waals surface area contributed by atoms with E-state index in [9.17, 15) is 13.6 Å². The first-order valence-electron chi connectivity index (χ1n) is 8.17. The van der Waals surface area contributed by atoms with E-state index in [4.69, 9.17) is 4.74 Å². The van der Waals surface area contributed by atoms with Gasteiger partial charge in [-0.3, -0.25) is 9.69 Å². The normalized spacial score (nSPS) is 18.5. The van der Waals surface area contributed by atoms with Gasteiger partial charge >= 0.3 is 0 Å². The number of amides is 1. The van der Waals surface area contributed by atoms with Crippen molar-refractivity contribution in [2.24, 2.45) is 0 Å². The number of rotatable bonds is 6. The average Bonchev–Trinajstić information content (AvgIpc) is 3.38. The van der Waals surface area contributed by atoms with Crippen LogP contribution < -0.4 is 0 Å². The Kier molecular flexibility index (Phi) is 5.23. The van der Waals surface area contributed by atoms with Crippen molar-refractivity contribution in [3.05, 3.63) is 35.4 Å². The van der Waals surface area contributed by atoms with Crippen LogP contribution in [0.15, 0.2) is 18.2 Å². The monoisotopic (exact) mass is 324 g/mol. The molecule has 126 valence electrons. The summed E-state index contributed by atoms with van der Waals surface area (Å²) in [6.45, 7) is 3.52. The standard InChI is InChI=1S/C17H22F2N2O2/c18-14-2-1-13(16(19)11-14)12-21(15-3-4-15)6-5-17(22)20-7-9-23-10-8-20/h1-2,11,15H,3-10,12H2. The summed E-state index contributed by atoms with van der Waals surface area (Å²) in [4.78, 5) is 16.2. The van der Waals surface area contributed by atoms with Crippen molar-refractivity contribution in [3.63, 3.8) is 0 Å². The first-order valence-corrected chi connectivity index (χ1v) is 8.17. The van der Waals surface area contributed by atoms with Gasteiger partial charge in [0.15, 0.2) is 0 Å². The van der Waals surface area contributed by atoms with Gasteiger partial charge in [0.1, 0.15) is 11.6 Å². The molecule has 1 amide bonds. The molecule has 6 heteroatoms. The molecule has 0 unspecified atom stereocenters. The van der Waals surface area contributed by atoms with Gasteiger partial charge in [-0.2, -0.15) is 0 Å². The SMILES string of the molecule is O=C(CCN(Cc1ccc(F)cc1F)C1CC1)N1CCOCC1. The summed E-state index contributed by atoms with van der Waals surface area (Å²) in [5.41, 5.74) is 0.483. The third-order valence-electron chi connectivity index (χ3n) is 4.43. The average molecular weight is 324 g/mol. The second-order valence-electron chi connectivity index (χ2n) is 6.18. The Labute approximate surface area is 135 Å². The van der Waals surface area contributed by atoms with Crippen molar-refractivity contribution < 1.29 is 18.3 Å². The number of ether oxygens (including phenoxy) is 1. The molecule has 2 fully saturated rings. The fourth-order valence-electron chi connectivity index (χ4n) is 2.91. The molecular weight excluding hydrogens is 302 g/mol. The van der Waals surface area contributed by atoms with Crippen molar-refractivity contribution in [2.45, 2.75) is 31.8 Å². The van der Waals surface area contributed by atoms with E-state index in [2.05, 4.69) is 4.90 Å². The molecule has 2 aliphatic rings.